The van der Waals surface area contributed by atoms with E-state index in [0.29, 0.717) is 5.02 Å². The number of hydrogen-bond acceptors (Lipinski definition) is 2. The van der Waals surface area contributed by atoms with Crippen LogP contribution in [0.25, 0.3) is 0 Å². The molecular weight excluding hydrogens is 240 g/mol. The zero-order valence-corrected chi connectivity index (χ0v) is 10.3. The standard InChI is InChI=1S/C13H10ClOS/c1-16-13-8-7-11(9-12(13)14)15-10-5-3-2-4-6-10/h3-9H,1H3. The minimum absolute atomic E-state index is 0.715. The molecule has 16 heavy (non-hydrogen) atoms. The molecule has 0 aliphatic carbocycles. The molecule has 3 heteroatoms. The van der Waals surface area contributed by atoms with Gasteiger partial charge >= 0.3 is 0 Å². The summed E-state index contributed by atoms with van der Waals surface area (Å²) >= 11 is 7.71. The van der Waals surface area contributed by atoms with Crippen molar-refractivity contribution in [1.82, 2.24) is 0 Å². The Morgan fingerprint density at radius 1 is 1.12 bits per heavy atom. The number of thioether (sulfide) groups is 1. The number of benzene rings is 2. The highest BCUT2D eigenvalue weighted by molar-refractivity contribution is 7.98. The Morgan fingerprint density at radius 2 is 1.88 bits per heavy atom. The molecule has 0 unspecified atom stereocenters. The van der Waals surface area contributed by atoms with Gasteiger partial charge in [-0.15, -0.1) is 11.8 Å². The highest BCUT2D eigenvalue weighted by atomic mass is 35.5. The van der Waals surface area contributed by atoms with E-state index in [1.54, 1.807) is 11.8 Å². The molecule has 0 aromatic heterocycles. The zero-order valence-electron chi connectivity index (χ0n) is 8.74. The molecule has 0 saturated carbocycles. The van der Waals surface area contributed by atoms with Gasteiger partial charge in [-0.25, -0.2) is 0 Å². The molecule has 0 aliphatic rings. The maximum atomic E-state index is 6.09. The van der Waals surface area contributed by atoms with E-state index >= 15 is 0 Å². The molecule has 81 valence electrons. The van der Waals surface area contributed by atoms with Crippen LogP contribution in [0.5, 0.6) is 11.5 Å². The summed E-state index contributed by atoms with van der Waals surface area (Å²) in [5.41, 5.74) is 0. The van der Waals surface area contributed by atoms with Crippen molar-refractivity contribution >= 4 is 23.4 Å². The van der Waals surface area contributed by atoms with Gasteiger partial charge in [0.25, 0.3) is 0 Å². The number of rotatable bonds is 3. The van der Waals surface area contributed by atoms with E-state index in [1.807, 2.05) is 48.7 Å². The molecule has 0 aliphatic heterocycles. The second-order valence-electron chi connectivity index (χ2n) is 3.13. The lowest BCUT2D eigenvalue weighted by Gasteiger charge is -2.07. The van der Waals surface area contributed by atoms with Crippen molar-refractivity contribution < 1.29 is 4.74 Å². The first-order chi connectivity index (χ1) is 7.79. The molecule has 2 aromatic carbocycles. The van der Waals surface area contributed by atoms with Crippen molar-refractivity contribution in [3.8, 4) is 11.5 Å². The minimum atomic E-state index is 0.715. The molecule has 2 aromatic rings. The molecule has 0 spiro atoms. The summed E-state index contributed by atoms with van der Waals surface area (Å²) in [6, 6.07) is 16.0. The van der Waals surface area contributed by atoms with Gasteiger partial charge in [-0.05, 0) is 36.6 Å². The van der Waals surface area contributed by atoms with Crippen LogP contribution in [0.4, 0.5) is 0 Å². The first kappa shape index (κ1) is 11.4. The smallest absolute Gasteiger partial charge is 0.128 e. The van der Waals surface area contributed by atoms with Crippen molar-refractivity contribution in [1.29, 1.82) is 0 Å². The fourth-order valence-electron chi connectivity index (χ4n) is 1.29. The Hall–Kier alpha value is -1.12. The van der Waals surface area contributed by atoms with E-state index in [4.69, 9.17) is 16.3 Å². The molecular formula is C13H10ClOS. The van der Waals surface area contributed by atoms with Gasteiger partial charge in [0, 0.05) is 11.0 Å². The van der Waals surface area contributed by atoms with Crippen molar-refractivity contribution in [2.24, 2.45) is 0 Å². The van der Waals surface area contributed by atoms with Crippen LogP contribution in [-0.2, 0) is 0 Å². The predicted molar refractivity (Wildman–Crippen MR) is 68.6 cm³/mol. The molecule has 1 nitrogen and oxygen atoms in total. The summed E-state index contributed by atoms with van der Waals surface area (Å²) in [6.45, 7) is 0. The Morgan fingerprint density at radius 3 is 2.50 bits per heavy atom. The highest BCUT2D eigenvalue weighted by Gasteiger charge is 2.02. The Labute approximate surface area is 104 Å². The monoisotopic (exact) mass is 249 g/mol. The summed E-state index contributed by atoms with van der Waals surface area (Å²) in [4.78, 5) is 1.05. The average molecular weight is 250 g/mol. The maximum Gasteiger partial charge on any atom is 0.128 e. The van der Waals surface area contributed by atoms with Crippen LogP contribution >= 0.6 is 23.4 Å². The molecule has 1 radical (unpaired) electrons. The molecule has 0 saturated heterocycles. The quantitative estimate of drug-likeness (QED) is 0.732. The third kappa shape index (κ3) is 2.71. The highest BCUT2D eigenvalue weighted by Crippen LogP contribution is 2.31. The summed E-state index contributed by atoms with van der Waals surface area (Å²) < 4.78 is 5.64. The van der Waals surface area contributed by atoms with Gasteiger partial charge in [-0.3, -0.25) is 0 Å². The summed E-state index contributed by atoms with van der Waals surface area (Å²) in [7, 11) is 0. The lowest BCUT2D eigenvalue weighted by molar-refractivity contribution is 0.482. The van der Waals surface area contributed by atoms with E-state index in [1.165, 1.54) is 0 Å². The topological polar surface area (TPSA) is 9.23 Å². The molecule has 0 amide bonds. The Bertz CT molecular complexity index is 471. The Balaban J connectivity index is 2.20. The van der Waals surface area contributed by atoms with Crippen LogP contribution < -0.4 is 4.74 Å². The zero-order chi connectivity index (χ0) is 11.4. The van der Waals surface area contributed by atoms with Crippen LogP contribution in [0.1, 0.15) is 0 Å². The fourth-order valence-corrected chi connectivity index (χ4v) is 2.15. The van der Waals surface area contributed by atoms with Gasteiger partial charge in [-0.2, -0.15) is 0 Å². The third-order valence-electron chi connectivity index (χ3n) is 2.05. The molecule has 0 bridgehead atoms. The average Bonchev–Trinajstić information content (AvgIpc) is 2.31. The lowest BCUT2D eigenvalue weighted by Crippen LogP contribution is -1.84. The number of halogens is 1. The van der Waals surface area contributed by atoms with Crippen molar-refractivity contribution in [3.05, 3.63) is 53.6 Å². The number of ether oxygens (including phenoxy) is 1. The van der Waals surface area contributed by atoms with E-state index < -0.39 is 0 Å². The van der Waals surface area contributed by atoms with Crippen LogP contribution in [0.2, 0.25) is 5.02 Å². The maximum absolute atomic E-state index is 6.09. The van der Waals surface area contributed by atoms with Crippen molar-refractivity contribution in [3.63, 3.8) is 0 Å². The van der Waals surface area contributed by atoms with Crippen LogP contribution in [0.15, 0.2) is 47.4 Å². The largest absolute Gasteiger partial charge is 0.457 e. The van der Waals surface area contributed by atoms with E-state index in [2.05, 4.69) is 6.07 Å². The van der Waals surface area contributed by atoms with Crippen molar-refractivity contribution in [2.45, 2.75) is 4.90 Å². The van der Waals surface area contributed by atoms with E-state index in [9.17, 15) is 0 Å². The molecule has 2 rings (SSSR count). The van der Waals surface area contributed by atoms with E-state index in [0.717, 1.165) is 16.4 Å². The molecule has 0 atom stereocenters. The van der Waals surface area contributed by atoms with Gasteiger partial charge < -0.3 is 4.74 Å². The van der Waals surface area contributed by atoms with Gasteiger partial charge in [0.05, 0.1) is 5.02 Å². The van der Waals surface area contributed by atoms with Gasteiger partial charge in [0.2, 0.25) is 0 Å². The Kier molecular flexibility index (Phi) is 3.75. The second kappa shape index (κ2) is 5.28. The minimum Gasteiger partial charge on any atom is -0.457 e. The second-order valence-corrected chi connectivity index (χ2v) is 4.39. The SMILES string of the molecule is CSc1ccc(Oc2cc[c]cc2)cc1Cl. The first-order valence-electron chi connectivity index (χ1n) is 4.77. The van der Waals surface area contributed by atoms with Crippen LogP contribution in [-0.4, -0.2) is 6.26 Å². The van der Waals surface area contributed by atoms with Crippen LogP contribution in [0, 0.1) is 6.07 Å². The van der Waals surface area contributed by atoms with Crippen LogP contribution in [0.3, 0.4) is 0 Å². The summed E-state index contributed by atoms with van der Waals surface area (Å²) in [5.74, 6) is 1.53. The van der Waals surface area contributed by atoms with E-state index in [-0.39, 0.29) is 0 Å². The van der Waals surface area contributed by atoms with Gasteiger partial charge in [0.15, 0.2) is 0 Å². The lowest BCUT2D eigenvalue weighted by atomic mass is 10.3. The number of hydrogen-bond donors (Lipinski definition) is 0. The molecule has 0 fully saturated rings. The van der Waals surface area contributed by atoms with Gasteiger partial charge in [0.1, 0.15) is 11.5 Å². The molecule has 0 heterocycles. The molecule has 0 N–H and O–H groups in total. The normalized spacial score (nSPS) is 10.1. The third-order valence-corrected chi connectivity index (χ3v) is 3.27. The predicted octanol–water partition coefficient (Wildman–Crippen LogP) is 4.65. The van der Waals surface area contributed by atoms with Crippen molar-refractivity contribution in [2.75, 3.05) is 6.26 Å². The van der Waals surface area contributed by atoms with Gasteiger partial charge in [-0.1, -0.05) is 23.7 Å². The fraction of sp³-hybridized carbons (Fsp3) is 0.0769. The first-order valence-corrected chi connectivity index (χ1v) is 6.37. The summed E-state index contributed by atoms with van der Waals surface area (Å²) in [6.07, 6.45) is 1.99. The summed E-state index contributed by atoms with van der Waals surface area (Å²) in [5, 5.41) is 0.715.